The number of hydrogen-bond acceptors (Lipinski definition) is 3. The molecule has 0 radical (unpaired) electrons. The Morgan fingerprint density at radius 2 is 2.00 bits per heavy atom. The van der Waals surface area contributed by atoms with Gasteiger partial charge >= 0.3 is 0 Å². The van der Waals surface area contributed by atoms with Gasteiger partial charge in [0, 0.05) is 13.2 Å². The lowest BCUT2D eigenvalue weighted by molar-refractivity contribution is 0.289. The molecule has 11 heavy (non-hydrogen) atoms. The first-order valence-corrected chi connectivity index (χ1v) is 5.14. The monoisotopic (exact) mass is 181 g/mol. The zero-order valence-corrected chi connectivity index (χ0v) is 7.69. The van der Waals surface area contributed by atoms with Crippen molar-refractivity contribution in [2.45, 2.75) is 25.5 Å². The summed E-state index contributed by atoms with van der Waals surface area (Å²) >= 11 is 0. The van der Waals surface area contributed by atoms with E-state index in [0.717, 1.165) is 0 Å². The molecule has 0 rings (SSSR count). The molecule has 0 unspecified atom stereocenters. The van der Waals surface area contributed by atoms with E-state index in [1.54, 1.807) is 13.8 Å². The van der Waals surface area contributed by atoms with Crippen molar-refractivity contribution in [3.05, 3.63) is 0 Å². The molecule has 0 aromatic rings. The molecule has 0 fully saturated rings. The SMILES string of the molecule is CC(C)S(=O)(=O)NCCCO. The normalized spacial score (nSPS) is 12.4. The maximum absolute atomic E-state index is 11.0. The number of aliphatic hydroxyl groups is 1. The minimum atomic E-state index is -3.13. The van der Waals surface area contributed by atoms with Gasteiger partial charge in [0.1, 0.15) is 0 Å². The van der Waals surface area contributed by atoms with Crippen LogP contribution in [0.25, 0.3) is 0 Å². The number of rotatable bonds is 5. The first kappa shape index (κ1) is 10.9. The lowest BCUT2D eigenvalue weighted by Crippen LogP contribution is -2.31. The fraction of sp³-hybridized carbons (Fsp3) is 1.00. The standard InChI is InChI=1S/C6H15NO3S/c1-6(2)11(9,10)7-4-3-5-8/h6-8H,3-5H2,1-2H3. The zero-order chi connectivity index (χ0) is 8.91. The van der Waals surface area contributed by atoms with E-state index in [9.17, 15) is 8.42 Å². The van der Waals surface area contributed by atoms with Gasteiger partial charge in [-0.2, -0.15) is 0 Å². The smallest absolute Gasteiger partial charge is 0.213 e. The summed E-state index contributed by atoms with van der Waals surface area (Å²) in [5, 5.41) is 7.97. The van der Waals surface area contributed by atoms with E-state index in [1.807, 2.05) is 0 Å². The van der Waals surface area contributed by atoms with Crippen molar-refractivity contribution >= 4 is 10.0 Å². The summed E-state index contributed by atoms with van der Waals surface area (Å²) in [5.74, 6) is 0. The van der Waals surface area contributed by atoms with E-state index >= 15 is 0 Å². The molecule has 0 aromatic carbocycles. The summed E-state index contributed by atoms with van der Waals surface area (Å²) in [6.07, 6.45) is 0.464. The van der Waals surface area contributed by atoms with Crippen molar-refractivity contribution in [2.24, 2.45) is 0 Å². The Bertz CT molecular complexity index is 186. The third-order valence-corrected chi connectivity index (χ3v) is 3.11. The maximum atomic E-state index is 11.0. The van der Waals surface area contributed by atoms with Gasteiger partial charge in [0.05, 0.1) is 5.25 Å². The molecule has 0 spiro atoms. The van der Waals surface area contributed by atoms with Crippen LogP contribution in [0.15, 0.2) is 0 Å². The highest BCUT2D eigenvalue weighted by Crippen LogP contribution is 1.94. The molecular formula is C6H15NO3S. The number of hydrogen-bond donors (Lipinski definition) is 2. The predicted molar refractivity (Wildman–Crippen MR) is 43.8 cm³/mol. The highest BCUT2D eigenvalue weighted by atomic mass is 32.2. The molecule has 68 valence electrons. The van der Waals surface area contributed by atoms with Gasteiger partial charge in [-0.05, 0) is 20.3 Å². The van der Waals surface area contributed by atoms with Gasteiger partial charge in [0.25, 0.3) is 0 Å². The largest absolute Gasteiger partial charge is 0.396 e. The third kappa shape index (κ3) is 4.34. The first-order chi connectivity index (χ1) is 5.00. The Morgan fingerprint density at radius 3 is 2.36 bits per heavy atom. The second-order valence-corrected chi connectivity index (χ2v) is 4.89. The molecule has 0 aliphatic carbocycles. The molecule has 4 nitrogen and oxygen atoms in total. The van der Waals surface area contributed by atoms with Crippen LogP contribution >= 0.6 is 0 Å². The Hall–Kier alpha value is -0.130. The molecule has 5 heteroatoms. The molecule has 2 N–H and O–H groups in total. The van der Waals surface area contributed by atoms with Gasteiger partial charge in [-0.3, -0.25) is 0 Å². The molecule has 0 aliphatic rings. The second kappa shape index (κ2) is 4.69. The Morgan fingerprint density at radius 1 is 1.45 bits per heavy atom. The molecular weight excluding hydrogens is 166 g/mol. The first-order valence-electron chi connectivity index (χ1n) is 3.60. The van der Waals surface area contributed by atoms with Crippen molar-refractivity contribution in [1.82, 2.24) is 4.72 Å². The molecule has 0 amide bonds. The van der Waals surface area contributed by atoms with Gasteiger partial charge in [0.2, 0.25) is 10.0 Å². The minimum Gasteiger partial charge on any atom is -0.396 e. The molecule has 0 heterocycles. The highest BCUT2D eigenvalue weighted by molar-refractivity contribution is 7.90. The zero-order valence-electron chi connectivity index (χ0n) is 6.87. The second-order valence-electron chi connectivity index (χ2n) is 2.57. The van der Waals surface area contributed by atoms with Crippen LogP contribution < -0.4 is 4.72 Å². The highest BCUT2D eigenvalue weighted by Gasteiger charge is 2.13. The number of sulfonamides is 1. The summed E-state index contributed by atoms with van der Waals surface area (Å²) in [6.45, 7) is 3.56. The van der Waals surface area contributed by atoms with E-state index in [-0.39, 0.29) is 6.61 Å². The van der Waals surface area contributed by atoms with Gasteiger partial charge in [-0.25, -0.2) is 13.1 Å². The summed E-state index contributed by atoms with van der Waals surface area (Å²) in [6, 6.07) is 0. The van der Waals surface area contributed by atoms with Crippen molar-refractivity contribution in [3.63, 3.8) is 0 Å². The average Bonchev–Trinajstić information content (AvgIpc) is 1.88. The van der Waals surface area contributed by atoms with Crippen molar-refractivity contribution in [3.8, 4) is 0 Å². The van der Waals surface area contributed by atoms with Gasteiger partial charge in [0.15, 0.2) is 0 Å². The fourth-order valence-corrected chi connectivity index (χ4v) is 1.22. The lowest BCUT2D eigenvalue weighted by Gasteiger charge is -2.07. The molecule has 0 saturated carbocycles. The topological polar surface area (TPSA) is 66.4 Å². The van der Waals surface area contributed by atoms with Crippen LogP contribution in [0.5, 0.6) is 0 Å². The van der Waals surface area contributed by atoms with E-state index in [1.165, 1.54) is 0 Å². The van der Waals surface area contributed by atoms with E-state index in [2.05, 4.69) is 4.72 Å². The third-order valence-electron chi connectivity index (χ3n) is 1.26. The maximum Gasteiger partial charge on any atom is 0.213 e. The summed E-state index contributed by atoms with van der Waals surface area (Å²) in [7, 11) is -3.13. The van der Waals surface area contributed by atoms with Gasteiger partial charge in [-0.15, -0.1) is 0 Å². The van der Waals surface area contributed by atoms with Crippen LogP contribution in [0, 0.1) is 0 Å². The molecule has 0 atom stereocenters. The van der Waals surface area contributed by atoms with Crippen LogP contribution in [0.2, 0.25) is 0 Å². The summed E-state index contributed by atoms with van der Waals surface area (Å²) in [5.41, 5.74) is 0. The predicted octanol–water partition coefficient (Wildman–Crippen LogP) is -0.303. The molecule has 0 saturated heterocycles. The van der Waals surface area contributed by atoms with Gasteiger partial charge in [-0.1, -0.05) is 0 Å². The van der Waals surface area contributed by atoms with Gasteiger partial charge < -0.3 is 5.11 Å². The van der Waals surface area contributed by atoms with E-state index < -0.39 is 15.3 Å². The van der Waals surface area contributed by atoms with Crippen LogP contribution in [0.3, 0.4) is 0 Å². The van der Waals surface area contributed by atoms with Crippen molar-refractivity contribution in [1.29, 1.82) is 0 Å². The van der Waals surface area contributed by atoms with Crippen LogP contribution in [0.1, 0.15) is 20.3 Å². The van der Waals surface area contributed by atoms with E-state index in [0.29, 0.717) is 13.0 Å². The van der Waals surface area contributed by atoms with Crippen LogP contribution in [0.4, 0.5) is 0 Å². The van der Waals surface area contributed by atoms with E-state index in [4.69, 9.17) is 5.11 Å². The van der Waals surface area contributed by atoms with Crippen molar-refractivity contribution < 1.29 is 13.5 Å². The minimum absolute atomic E-state index is 0.0145. The van der Waals surface area contributed by atoms with Crippen molar-refractivity contribution in [2.75, 3.05) is 13.2 Å². The summed E-state index contributed by atoms with van der Waals surface area (Å²) in [4.78, 5) is 0. The molecule has 0 aromatic heterocycles. The Kier molecular flexibility index (Phi) is 4.63. The lowest BCUT2D eigenvalue weighted by atomic mass is 10.5. The molecule has 0 aliphatic heterocycles. The Balaban J connectivity index is 3.75. The quantitative estimate of drug-likeness (QED) is 0.572. The average molecular weight is 181 g/mol. The number of nitrogens with one attached hydrogen (secondary N) is 1. The van der Waals surface area contributed by atoms with Crippen LogP contribution in [-0.4, -0.2) is 31.9 Å². The Labute approximate surface area is 67.7 Å². The number of aliphatic hydroxyl groups excluding tert-OH is 1. The fourth-order valence-electron chi connectivity index (χ4n) is 0.460. The molecule has 0 bridgehead atoms. The summed E-state index contributed by atoms with van der Waals surface area (Å²) < 4.78 is 24.4. The van der Waals surface area contributed by atoms with Crippen LogP contribution in [-0.2, 0) is 10.0 Å².